The molecule has 2 amide bonds. The third kappa shape index (κ3) is 5.08. The van der Waals surface area contributed by atoms with Crippen LogP contribution in [0.1, 0.15) is 34.2 Å². The molecule has 0 unspecified atom stereocenters. The van der Waals surface area contributed by atoms with Crippen LogP contribution in [-0.2, 0) is 10.0 Å². The zero-order chi connectivity index (χ0) is 21.7. The number of amides is 2. The fourth-order valence-corrected chi connectivity index (χ4v) is 4.84. The van der Waals surface area contributed by atoms with E-state index in [0.717, 1.165) is 0 Å². The lowest BCUT2D eigenvalue weighted by molar-refractivity contribution is 0.0532. The largest absolute Gasteiger partial charge is 0.495 e. The van der Waals surface area contributed by atoms with E-state index in [1.54, 1.807) is 33.7 Å². The molecule has 9 nitrogen and oxygen atoms in total. The highest BCUT2D eigenvalue weighted by molar-refractivity contribution is 7.92. The van der Waals surface area contributed by atoms with E-state index in [9.17, 15) is 18.0 Å². The number of rotatable bonds is 7. The normalized spacial score (nSPS) is 14.5. The molecule has 0 bridgehead atoms. The third-order valence-electron chi connectivity index (χ3n) is 4.69. The van der Waals surface area contributed by atoms with Gasteiger partial charge in [-0.2, -0.15) is 0 Å². The summed E-state index contributed by atoms with van der Waals surface area (Å²) in [5.74, 6) is -0.0515. The number of hydrogen-bond acceptors (Lipinski definition) is 7. The topological polar surface area (TPSA) is 109 Å². The quantitative estimate of drug-likeness (QED) is 0.687. The van der Waals surface area contributed by atoms with E-state index in [1.165, 1.54) is 30.6 Å². The van der Waals surface area contributed by atoms with Gasteiger partial charge in [-0.15, -0.1) is 11.3 Å². The molecule has 2 heterocycles. The fourth-order valence-electron chi connectivity index (χ4n) is 3.17. The van der Waals surface area contributed by atoms with E-state index in [1.807, 2.05) is 0 Å². The molecule has 0 spiro atoms. The third-order valence-corrected chi connectivity index (χ3v) is 6.76. The lowest BCUT2D eigenvalue weighted by Crippen LogP contribution is -2.50. The van der Waals surface area contributed by atoms with Crippen molar-refractivity contribution in [1.82, 2.24) is 14.8 Å². The standard InChI is InChI=1S/C19H24N4O5S2/c1-3-10-30(26,27)21-15-5-4-14(11-17(15)28-2)18(24)22-6-8-23(9-7-22)19(25)16-12-29-13-20-16/h4-5,11-13,21H,3,6-10H2,1-2H3. The Morgan fingerprint density at radius 3 is 2.40 bits per heavy atom. The second-order valence-corrected chi connectivity index (χ2v) is 9.35. The first kappa shape index (κ1) is 22.0. The molecule has 0 radical (unpaired) electrons. The average molecular weight is 453 g/mol. The van der Waals surface area contributed by atoms with Crippen LogP contribution in [0.3, 0.4) is 0 Å². The number of thiazole rings is 1. The molecular weight excluding hydrogens is 428 g/mol. The number of piperazine rings is 1. The first-order valence-corrected chi connectivity index (χ1v) is 12.1. The first-order valence-electron chi connectivity index (χ1n) is 9.50. The van der Waals surface area contributed by atoms with E-state index >= 15 is 0 Å². The Morgan fingerprint density at radius 1 is 1.17 bits per heavy atom. The average Bonchev–Trinajstić information content (AvgIpc) is 3.27. The molecule has 1 aliphatic heterocycles. The van der Waals surface area contributed by atoms with Crippen molar-refractivity contribution in [1.29, 1.82) is 0 Å². The van der Waals surface area contributed by atoms with E-state index in [4.69, 9.17) is 4.74 Å². The minimum absolute atomic E-state index is 0.000730. The van der Waals surface area contributed by atoms with Crippen LogP contribution in [0.4, 0.5) is 5.69 Å². The Kier molecular flexibility index (Phi) is 6.93. The van der Waals surface area contributed by atoms with Crippen molar-refractivity contribution in [3.8, 4) is 5.75 Å². The summed E-state index contributed by atoms with van der Waals surface area (Å²) < 4.78 is 31.8. The Bertz CT molecular complexity index is 1000. The smallest absolute Gasteiger partial charge is 0.273 e. The zero-order valence-corrected chi connectivity index (χ0v) is 18.5. The number of nitrogens with zero attached hydrogens (tertiary/aromatic N) is 3. The molecule has 1 aromatic carbocycles. The van der Waals surface area contributed by atoms with Crippen LogP contribution in [0.15, 0.2) is 29.1 Å². The summed E-state index contributed by atoms with van der Waals surface area (Å²) in [4.78, 5) is 32.7. The lowest BCUT2D eigenvalue weighted by atomic mass is 10.1. The molecule has 11 heteroatoms. The zero-order valence-electron chi connectivity index (χ0n) is 16.8. The number of carbonyl (C=O) groups excluding carboxylic acids is 2. The molecule has 0 saturated carbocycles. The Morgan fingerprint density at radius 2 is 1.83 bits per heavy atom. The van der Waals surface area contributed by atoms with Gasteiger partial charge < -0.3 is 14.5 Å². The second-order valence-electron chi connectivity index (χ2n) is 6.79. The number of hydrogen-bond donors (Lipinski definition) is 1. The summed E-state index contributed by atoms with van der Waals surface area (Å²) in [6.45, 7) is 3.44. The molecule has 1 N–H and O–H groups in total. The highest BCUT2D eigenvalue weighted by Crippen LogP contribution is 2.27. The molecule has 162 valence electrons. The van der Waals surface area contributed by atoms with Gasteiger partial charge in [0.25, 0.3) is 11.8 Å². The Hall–Kier alpha value is -2.66. The predicted molar refractivity (Wildman–Crippen MR) is 115 cm³/mol. The van der Waals surface area contributed by atoms with E-state index < -0.39 is 10.0 Å². The summed E-state index contributed by atoms with van der Waals surface area (Å²) >= 11 is 1.37. The maximum Gasteiger partial charge on any atom is 0.273 e. The molecular formula is C19H24N4O5S2. The van der Waals surface area contributed by atoms with Gasteiger partial charge in [-0.05, 0) is 24.6 Å². The van der Waals surface area contributed by atoms with Crippen molar-refractivity contribution in [2.45, 2.75) is 13.3 Å². The Balaban J connectivity index is 1.66. The molecule has 2 aromatic rings. The van der Waals surface area contributed by atoms with Gasteiger partial charge in [0.2, 0.25) is 10.0 Å². The fraction of sp³-hybridized carbons (Fsp3) is 0.421. The second kappa shape index (κ2) is 9.43. The summed E-state index contributed by atoms with van der Waals surface area (Å²) in [6, 6.07) is 4.63. The van der Waals surface area contributed by atoms with E-state index in [-0.39, 0.29) is 23.3 Å². The van der Waals surface area contributed by atoms with Crippen LogP contribution >= 0.6 is 11.3 Å². The number of carbonyl (C=O) groups is 2. The van der Waals surface area contributed by atoms with Gasteiger partial charge in [0, 0.05) is 37.1 Å². The van der Waals surface area contributed by atoms with Crippen molar-refractivity contribution >= 4 is 38.9 Å². The Labute approximate surface area is 179 Å². The molecule has 1 aliphatic rings. The number of anilines is 1. The van der Waals surface area contributed by atoms with Gasteiger partial charge in [0.05, 0.1) is 24.1 Å². The van der Waals surface area contributed by atoms with Gasteiger partial charge in [-0.1, -0.05) is 6.92 Å². The highest BCUT2D eigenvalue weighted by atomic mass is 32.2. The highest BCUT2D eigenvalue weighted by Gasteiger charge is 2.27. The maximum atomic E-state index is 12.9. The van der Waals surface area contributed by atoms with Crippen molar-refractivity contribution in [2.24, 2.45) is 0 Å². The number of aromatic nitrogens is 1. The van der Waals surface area contributed by atoms with Crippen LogP contribution in [0.2, 0.25) is 0 Å². The molecule has 1 aromatic heterocycles. The van der Waals surface area contributed by atoms with Crippen LogP contribution in [0.25, 0.3) is 0 Å². The van der Waals surface area contributed by atoms with Crippen molar-refractivity contribution in [3.05, 3.63) is 40.3 Å². The predicted octanol–water partition coefficient (Wildman–Crippen LogP) is 1.90. The van der Waals surface area contributed by atoms with E-state index in [0.29, 0.717) is 49.5 Å². The molecule has 0 atom stereocenters. The van der Waals surface area contributed by atoms with Gasteiger partial charge >= 0.3 is 0 Å². The van der Waals surface area contributed by atoms with Crippen LogP contribution in [0.5, 0.6) is 5.75 Å². The number of ether oxygens (including phenoxy) is 1. The summed E-state index contributed by atoms with van der Waals surface area (Å²) in [7, 11) is -2.05. The van der Waals surface area contributed by atoms with Crippen molar-refractivity contribution < 1.29 is 22.7 Å². The number of sulfonamides is 1. The number of methoxy groups -OCH3 is 1. The van der Waals surface area contributed by atoms with Crippen LogP contribution < -0.4 is 9.46 Å². The van der Waals surface area contributed by atoms with Gasteiger partial charge in [0.15, 0.2) is 0 Å². The summed E-state index contributed by atoms with van der Waals surface area (Å²) in [5, 5.41) is 1.71. The molecule has 30 heavy (non-hydrogen) atoms. The summed E-state index contributed by atoms with van der Waals surface area (Å²) in [5.41, 5.74) is 2.73. The van der Waals surface area contributed by atoms with Gasteiger partial charge in [0.1, 0.15) is 11.4 Å². The minimum Gasteiger partial charge on any atom is -0.495 e. The molecule has 1 saturated heterocycles. The molecule has 0 aliphatic carbocycles. The molecule has 1 fully saturated rings. The monoisotopic (exact) mass is 452 g/mol. The summed E-state index contributed by atoms with van der Waals surface area (Å²) in [6.07, 6.45) is 0.491. The van der Waals surface area contributed by atoms with Gasteiger partial charge in [-0.25, -0.2) is 13.4 Å². The van der Waals surface area contributed by atoms with Crippen LogP contribution in [0, 0.1) is 0 Å². The number of benzene rings is 1. The minimum atomic E-state index is -3.47. The van der Waals surface area contributed by atoms with Crippen molar-refractivity contribution in [2.75, 3.05) is 43.8 Å². The molecule has 3 rings (SSSR count). The first-order chi connectivity index (χ1) is 14.3. The van der Waals surface area contributed by atoms with Gasteiger partial charge in [-0.3, -0.25) is 14.3 Å². The SMILES string of the molecule is CCCS(=O)(=O)Nc1ccc(C(=O)N2CCN(C(=O)c3cscn3)CC2)cc1OC. The lowest BCUT2D eigenvalue weighted by Gasteiger charge is -2.34. The maximum absolute atomic E-state index is 12.9. The van der Waals surface area contributed by atoms with Crippen LogP contribution in [-0.4, -0.2) is 74.1 Å². The van der Waals surface area contributed by atoms with E-state index in [2.05, 4.69) is 9.71 Å². The number of nitrogens with one attached hydrogen (secondary N) is 1. The van der Waals surface area contributed by atoms with Crippen molar-refractivity contribution in [3.63, 3.8) is 0 Å².